The molecule has 1 heterocycles. The van der Waals surface area contributed by atoms with Gasteiger partial charge in [0.25, 0.3) is 0 Å². The van der Waals surface area contributed by atoms with Crippen molar-refractivity contribution >= 4 is 17.5 Å². The zero-order chi connectivity index (χ0) is 12.3. The van der Waals surface area contributed by atoms with Gasteiger partial charge < -0.3 is 15.5 Å². The van der Waals surface area contributed by atoms with Crippen LogP contribution in [0, 0.1) is 6.92 Å². The maximum Gasteiger partial charge on any atom is 0.241 e. The van der Waals surface area contributed by atoms with Crippen molar-refractivity contribution in [1.29, 1.82) is 0 Å². The molecule has 1 amide bonds. The summed E-state index contributed by atoms with van der Waals surface area (Å²) in [4.78, 5) is 22.8. The molecule has 0 aliphatic rings. The number of nitrogens with two attached hydrogens (primary N) is 1. The van der Waals surface area contributed by atoms with Crippen LogP contribution in [0.4, 0.5) is 11.6 Å². The Hall–Kier alpha value is -1.85. The van der Waals surface area contributed by atoms with Crippen molar-refractivity contribution in [2.75, 3.05) is 38.3 Å². The molecule has 16 heavy (non-hydrogen) atoms. The van der Waals surface area contributed by atoms with Crippen molar-refractivity contribution in [3.05, 3.63) is 11.9 Å². The number of amides is 1. The minimum absolute atomic E-state index is 0.0130. The summed E-state index contributed by atoms with van der Waals surface area (Å²) in [6.07, 6.45) is 1.40. The van der Waals surface area contributed by atoms with Gasteiger partial charge >= 0.3 is 0 Å². The first-order valence-corrected chi connectivity index (χ1v) is 4.92. The molecule has 0 fully saturated rings. The summed E-state index contributed by atoms with van der Waals surface area (Å²) in [5.41, 5.74) is 6.46. The van der Waals surface area contributed by atoms with E-state index >= 15 is 0 Å². The predicted octanol–water partition coefficient (Wildman–Crippen LogP) is -0.108. The van der Waals surface area contributed by atoms with E-state index in [2.05, 4.69) is 9.97 Å². The van der Waals surface area contributed by atoms with Crippen LogP contribution in [0.3, 0.4) is 0 Å². The van der Waals surface area contributed by atoms with Crippen molar-refractivity contribution in [1.82, 2.24) is 14.9 Å². The van der Waals surface area contributed by atoms with Gasteiger partial charge in [-0.3, -0.25) is 4.79 Å². The van der Waals surface area contributed by atoms with Crippen LogP contribution in [0.5, 0.6) is 0 Å². The third kappa shape index (κ3) is 2.59. The lowest BCUT2D eigenvalue weighted by atomic mass is 10.3. The number of carbonyl (C=O) groups excluding carboxylic acids is 1. The number of carbonyl (C=O) groups is 1. The molecule has 0 saturated carbocycles. The smallest absolute Gasteiger partial charge is 0.241 e. The minimum Gasteiger partial charge on any atom is -0.383 e. The molecule has 0 aliphatic heterocycles. The van der Waals surface area contributed by atoms with Gasteiger partial charge in [0.15, 0.2) is 0 Å². The van der Waals surface area contributed by atoms with Crippen molar-refractivity contribution < 1.29 is 4.79 Å². The minimum atomic E-state index is 0.0130. The van der Waals surface area contributed by atoms with Crippen molar-refractivity contribution in [2.24, 2.45) is 0 Å². The lowest BCUT2D eigenvalue weighted by molar-refractivity contribution is -0.127. The molecule has 0 atom stereocenters. The van der Waals surface area contributed by atoms with Crippen LogP contribution >= 0.6 is 0 Å². The van der Waals surface area contributed by atoms with E-state index in [0.29, 0.717) is 11.6 Å². The highest BCUT2D eigenvalue weighted by Gasteiger charge is 2.13. The maximum atomic E-state index is 11.5. The molecule has 0 radical (unpaired) electrons. The van der Waals surface area contributed by atoms with Crippen LogP contribution in [0.1, 0.15) is 5.56 Å². The highest BCUT2D eigenvalue weighted by atomic mass is 16.2. The first-order valence-electron chi connectivity index (χ1n) is 4.92. The van der Waals surface area contributed by atoms with Gasteiger partial charge in [0.05, 0.1) is 6.54 Å². The van der Waals surface area contributed by atoms with Gasteiger partial charge in [-0.2, -0.15) is 0 Å². The second-order valence-corrected chi connectivity index (χ2v) is 3.85. The molecule has 0 aromatic carbocycles. The van der Waals surface area contributed by atoms with E-state index in [0.717, 1.165) is 5.56 Å². The molecule has 1 aromatic rings. The number of likely N-dealkylation sites (N-methyl/N-ethyl adjacent to an activating group) is 2. The van der Waals surface area contributed by atoms with Crippen LogP contribution in [-0.2, 0) is 4.79 Å². The van der Waals surface area contributed by atoms with Gasteiger partial charge in [-0.05, 0) is 6.92 Å². The van der Waals surface area contributed by atoms with Crippen LogP contribution in [0.15, 0.2) is 6.33 Å². The quantitative estimate of drug-likeness (QED) is 0.774. The molecule has 88 valence electrons. The highest BCUT2D eigenvalue weighted by molar-refractivity contribution is 5.81. The molecule has 0 bridgehead atoms. The zero-order valence-corrected chi connectivity index (χ0v) is 10.1. The highest BCUT2D eigenvalue weighted by Crippen LogP contribution is 2.18. The fourth-order valence-electron chi connectivity index (χ4n) is 1.26. The number of nitrogens with zero attached hydrogens (tertiary/aromatic N) is 4. The first-order chi connectivity index (χ1) is 7.43. The number of nitrogen functional groups attached to an aromatic ring is 1. The number of aromatic nitrogens is 2. The zero-order valence-electron chi connectivity index (χ0n) is 10.1. The normalized spacial score (nSPS) is 10.0. The van der Waals surface area contributed by atoms with Gasteiger partial charge in [-0.15, -0.1) is 0 Å². The number of hydrogen-bond donors (Lipinski definition) is 1. The Labute approximate surface area is 95.1 Å². The van der Waals surface area contributed by atoms with Gasteiger partial charge in [0.2, 0.25) is 5.91 Å². The van der Waals surface area contributed by atoms with Crippen molar-refractivity contribution in [3.8, 4) is 0 Å². The lowest BCUT2D eigenvalue weighted by Crippen LogP contribution is -2.35. The fraction of sp³-hybridized carbons (Fsp3) is 0.500. The third-order valence-corrected chi connectivity index (χ3v) is 2.33. The Morgan fingerprint density at radius 3 is 2.56 bits per heavy atom. The number of hydrogen-bond acceptors (Lipinski definition) is 5. The Morgan fingerprint density at radius 2 is 2.00 bits per heavy atom. The van der Waals surface area contributed by atoms with E-state index in [4.69, 9.17) is 5.73 Å². The van der Waals surface area contributed by atoms with E-state index in [1.807, 2.05) is 6.92 Å². The summed E-state index contributed by atoms with van der Waals surface area (Å²) >= 11 is 0. The summed E-state index contributed by atoms with van der Waals surface area (Å²) in [7, 11) is 5.24. The summed E-state index contributed by atoms with van der Waals surface area (Å²) < 4.78 is 0. The van der Waals surface area contributed by atoms with Crippen LogP contribution in [0.25, 0.3) is 0 Å². The molecular weight excluding hydrogens is 206 g/mol. The molecule has 1 aromatic heterocycles. The second-order valence-electron chi connectivity index (χ2n) is 3.85. The first kappa shape index (κ1) is 12.2. The van der Waals surface area contributed by atoms with Gasteiger partial charge in [0, 0.05) is 26.7 Å². The Morgan fingerprint density at radius 1 is 1.38 bits per heavy atom. The van der Waals surface area contributed by atoms with Gasteiger partial charge in [-0.25, -0.2) is 9.97 Å². The Balaban J connectivity index is 2.85. The molecule has 2 N–H and O–H groups in total. The molecule has 0 unspecified atom stereocenters. The summed E-state index contributed by atoms with van der Waals surface area (Å²) in [6, 6.07) is 0. The van der Waals surface area contributed by atoms with Crippen LogP contribution < -0.4 is 10.6 Å². The topological polar surface area (TPSA) is 75.3 Å². The summed E-state index contributed by atoms with van der Waals surface area (Å²) in [5.74, 6) is 1.14. The predicted molar refractivity (Wildman–Crippen MR) is 63.1 cm³/mol. The average molecular weight is 223 g/mol. The van der Waals surface area contributed by atoms with Crippen molar-refractivity contribution in [3.63, 3.8) is 0 Å². The molecule has 0 spiro atoms. The maximum absolute atomic E-state index is 11.5. The standard InChI is InChI=1S/C10H17N5O/c1-7-9(11)12-6-13-10(7)15(4)5-8(16)14(2)3/h6H,5H2,1-4H3,(H2,11,12,13). The molecule has 0 saturated heterocycles. The monoisotopic (exact) mass is 223 g/mol. The van der Waals surface area contributed by atoms with E-state index in [1.165, 1.54) is 11.2 Å². The Bertz CT molecular complexity index is 391. The molecule has 1 rings (SSSR count). The molecule has 0 aliphatic carbocycles. The van der Waals surface area contributed by atoms with Crippen molar-refractivity contribution in [2.45, 2.75) is 6.92 Å². The van der Waals surface area contributed by atoms with Gasteiger partial charge in [0.1, 0.15) is 18.0 Å². The van der Waals surface area contributed by atoms with Gasteiger partial charge in [-0.1, -0.05) is 0 Å². The average Bonchev–Trinajstić information content (AvgIpc) is 2.21. The Kier molecular flexibility index (Phi) is 3.65. The van der Waals surface area contributed by atoms with Crippen LogP contribution in [-0.4, -0.2) is 48.5 Å². The van der Waals surface area contributed by atoms with E-state index in [-0.39, 0.29) is 12.5 Å². The third-order valence-electron chi connectivity index (χ3n) is 2.33. The molecule has 6 heteroatoms. The van der Waals surface area contributed by atoms with E-state index in [9.17, 15) is 4.79 Å². The summed E-state index contributed by atoms with van der Waals surface area (Å²) in [6.45, 7) is 2.10. The second kappa shape index (κ2) is 4.78. The largest absolute Gasteiger partial charge is 0.383 e. The number of anilines is 2. The van der Waals surface area contributed by atoms with E-state index in [1.54, 1.807) is 26.0 Å². The molecule has 6 nitrogen and oxygen atoms in total. The SMILES string of the molecule is Cc1c(N)ncnc1N(C)CC(=O)N(C)C. The summed E-state index contributed by atoms with van der Waals surface area (Å²) in [5, 5.41) is 0. The fourth-order valence-corrected chi connectivity index (χ4v) is 1.26. The molecular formula is C10H17N5O. The van der Waals surface area contributed by atoms with Crippen LogP contribution in [0.2, 0.25) is 0 Å². The lowest BCUT2D eigenvalue weighted by Gasteiger charge is -2.21. The number of rotatable bonds is 3. The van der Waals surface area contributed by atoms with E-state index < -0.39 is 0 Å².